The van der Waals surface area contributed by atoms with Crippen LogP contribution in [0.15, 0.2) is 41.5 Å². The fourth-order valence-electron chi connectivity index (χ4n) is 3.87. The van der Waals surface area contributed by atoms with Gasteiger partial charge in [0.05, 0.1) is 18.3 Å². The first kappa shape index (κ1) is 29.0. The van der Waals surface area contributed by atoms with E-state index in [1.54, 1.807) is 26.2 Å². The van der Waals surface area contributed by atoms with Crippen molar-refractivity contribution in [1.29, 1.82) is 0 Å². The highest BCUT2D eigenvalue weighted by Gasteiger charge is 2.21. The first-order valence-corrected chi connectivity index (χ1v) is 12.4. The summed E-state index contributed by atoms with van der Waals surface area (Å²) >= 11 is 0. The summed E-state index contributed by atoms with van der Waals surface area (Å²) in [7, 11) is 3.19. The van der Waals surface area contributed by atoms with E-state index in [1.165, 1.54) is 27.8 Å². The molecule has 3 amide bonds. The van der Waals surface area contributed by atoms with Crippen LogP contribution in [0, 0.1) is 11.7 Å². The van der Waals surface area contributed by atoms with E-state index in [2.05, 4.69) is 25.6 Å². The minimum atomic E-state index is -1.40. The Morgan fingerprint density at radius 1 is 1.28 bits per heavy atom. The van der Waals surface area contributed by atoms with E-state index in [0.717, 1.165) is 6.20 Å². The standard InChI is InChI=1S/C26H32FN7O5/c1-15(2)12-16-17(27)13-28-23-22(16)31-20(32-23)14-34-11-7-9-19(25(34)37)29-24(36)18(30-26(38)39)8-5-6-10-21(35)33(3)4/h6-7,9-11,13,15,18,30H,5,8,12,14H2,1-4H3,(H,29,36)(H,38,39)(H,28,31,32)/b10-6+/t18-/m0/s1. The summed E-state index contributed by atoms with van der Waals surface area (Å²) in [5.41, 5.74) is 0.681. The van der Waals surface area contributed by atoms with Crippen LogP contribution >= 0.6 is 0 Å². The molecule has 0 bridgehead atoms. The van der Waals surface area contributed by atoms with Crippen molar-refractivity contribution < 1.29 is 23.9 Å². The number of aromatic amines is 1. The van der Waals surface area contributed by atoms with Crippen molar-refractivity contribution >= 4 is 34.8 Å². The van der Waals surface area contributed by atoms with E-state index in [-0.39, 0.29) is 36.9 Å². The van der Waals surface area contributed by atoms with Gasteiger partial charge in [-0.15, -0.1) is 0 Å². The predicted octanol–water partition coefficient (Wildman–Crippen LogP) is 2.50. The second kappa shape index (κ2) is 12.8. The molecule has 12 nitrogen and oxygen atoms in total. The van der Waals surface area contributed by atoms with E-state index >= 15 is 0 Å². The molecule has 0 aliphatic heterocycles. The zero-order valence-corrected chi connectivity index (χ0v) is 22.2. The number of carbonyl (C=O) groups excluding carboxylic acids is 2. The molecule has 1 atom stereocenters. The molecule has 39 heavy (non-hydrogen) atoms. The van der Waals surface area contributed by atoms with E-state index in [9.17, 15) is 23.6 Å². The lowest BCUT2D eigenvalue weighted by Crippen LogP contribution is -2.44. The van der Waals surface area contributed by atoms with Crippen molar-refractivity contribution in [3.05, 3.63) is 64.2 Å². The molecule has 3 aromatic heterocycles. The monoisotopic (exact) mass is 541 g/mol. The van der Waals surface area contributed by atoms with Crippen molar-refractivity contribution in [2.75, 3.05) is 19.4 Å². The summed E-state index contributed by atoms with van der Waals surface area (Å²) in [5.74, 6) is -0.814. The lowest BCUT2D eigenvalue weighted by molar-refractivity contribution is -0.123. The highest BCUT2D eigenvalue weighted by atomic mass is 19.1. The maximum Gasteiger partial charge on any atom is 0.405 e. The molecular weight excluding hydrogens is 509 g/mol. The Morgan fingerprint density at radius 3 is 2.69 bits per heavy atom. The molecule has 0 radical (unpaired) electrons. The summed E-state index contributed by atoms with van der Waals surface area (Å²) in [5, 5.41) is 13.8. The normalized spacial score (nSPS) is 12.2. The summed E-state index contributed by atoms with van der Waals surface area (Å²) in [4.78, 5) is 61.6. The minimum Gasteiger partial charge on any atom is -0.465 e. The molecular formula is C26H32FN7O5. The van der Waals surface area contributed by atoms with Gasteiger partial charge in [0, 0.05) is 25.9 Å². The van der Waals surface area contributed by atoms with Crippen LogP contribution < -0.4 is 16.2 Å². The molecule has 0 aromatic carbocycles. The summed E-state index contributed by atoms with van der Waals surface area (Å²) in [6.45, 7) is 3.95. The molecule has 3 rings (SSSR count). The van der Waals surface area contributed by atoms with Gasteiger partial charge in [-0.25, -0.2) is 19.2 Å². The number of likely N-dealkylation sites (N-methyl/N-ethyl adjacent to an activating group) is 1. The maximum atomic E-state index is 14.4. The minimum absolute atomic E-state index is 0.00312. The Bertz CT molecular complexity index is 1440. The van der Waals surface area contributed by atoms with Gasteiger partial charge in [-0.05, 0) is 43.4 Å². The van der Waals surface area contributed by atoms with Crippen LogP contribution in [0.2, 0.25) is 0 Å². The van der Waals surface area contributed by atoms with Crippen LogP contribution in [0.25, 0.3) is 11.2 Å². The molecule has 0 unspecified atom stereocenters. The Kier molecular flexibility index (Phi) is 9.52. The van der Waals surface area contributed by atoms with Gasteiger partial charge in [0.2, 0.25) is 11.8 Å². The average Bonchev–Trinajstić information content (AvgIpc) is 3.27. The number of carboxylic acid groups (broad SMARTS) is 1. The van der Waals surface area contributed by atoms with E-state index in [1.807, 2.05) is 13.8 Å². The highest BCUT2D eigenvalue weighted by molar-refractivity contribution is 5.96. The van der Waals surface area contributed by atoms with E-state index in [4.69, 9.17) is 5.11 Å². The SMILES string of the molecule is CC(C)Cc1c(F)cnc2nc(Cn3cccc(NC(=O)[C@H](CC/C=C/C(=O)N(C)C)NC(=O)O)c3=O)[nH]c12. The summed E-state index contributed by atoms with van der Waals surface area (Å²) < 4.78 is 15.7. The van der Waals surface area contributed by atoms with Crippen molar-refractivity contribution in [3.63, 3.8) is 0 Å². The second-order valence-corrected chi connectivity index (χ2v) is 9.62. The first-order valence-electron chi connectivity index (χ1n) is 12.4. The molecule has 0 saturated carbocycles. The number of nitrogens with zero attached hydrogens (tertiary/aromatic N) is 4. The lowest BCUT2D eigenvalue weighted by Gasteiger charge is -2.16. The molecule has 0 saturated heterocycles. The highest BCUT2D eigenvalue weighted by Crippen LogP contribution is 2.21. The van der Waals surface area contributed by atoms with Gasteiger partial charge in [-0.1, -0.05) is 19.9 Å². The van der Waals surface area contributed by atoms with Crippen LogP contribution in [0.5, 0.6) is 0 Å². The summed E-state index contributed by atoms with van der Waals surface area (Å²) in [6, 6.07) is 1.79. The Hall–Kier alpha value is -4.55. The Labute approximate surface area is 223 Å². The van der Waals surface area contributed by atoms with E-state index in [0.29, 0.717) is 29.0 Å². The molecule has 0 aliphatic carbocycles. The van der Waals surface area contributed by atoms with E-state index < -0.39 is 29.4 Å². The van der Waals surface area contributed by atoms with Crippen molar-refractivity contribution in [3.8, 4) is 0 Å². The van der Waals surface area contributed by atoms with Crippen LogP contribution in [0.4, 0.5) is 14.9 Å². The fraction of sp³-hybridized carbons (Fsp3) is 0.385. The fourth-order valence-corrected chi connectivity index (χ4v) is 3.87. The van der Waals surface area contributed by atoms with Gasteiger partial charge in [-0.3, -0.25) is 14.4 Å². The Balaban J connectivity index is 1.77. The number of hydrogen-bond acceptors (Lipinski definition) is 6. The van der Waals surface area contributed by atoms with Gasteiger partial charge >= 0.3 is 6.09 Å². The number of anilines is 1. The molecule has 3 aromatic rings. The maximum absolute atomic E-state index is 14.4. The first-order chi connectivity index (χ1) is 18.5. The zero-order valence-electron chi connectivity index (χ0n) is 22.2. The van der Waals surface area contributed by atoms with Crippen molar-refractivity contribution in [2.45, 2.75) is 45.7 Å². The number of nitrogens with one attached hydrogen (secondary N) is 3. The number of fused-ring (bicyclic) bond motifs is 1. The van der Waals surface area contributed by atoms with Gasteiger partial charge in [0.15, 0.2) is 5.65 Å². The quantitative estimate of drug-likeness (QED) is 0.271. The summed E-state index contributed by atoms with van der Waals surface area (Å²) in [6.07, 6.45) is 4.91. The molecule has 13 heteroatoms. The van der Waals surface area contributed by atoms with Gasteiger partial charge in [0.25, 0.3) is 5.56 Å². The third-order valence-electron chi connectivity index (χ3n) is 5.77. The third kappa shape index (κ3) is 7.72. The number of halogens is 1. The molecule has 0 spiro atoms. The second-order valence-electron chi connectivity index (χ2n) is 9.62. The zero-order chi connectivity index (χ0) is 28.7. The van der Waals surface area contributed by atoms with Crippen LogP contribution in [-0.2, 0) is 22.6 Å². The van der Waals surface area contributed by atoms with Crippen LogP contribution in [-0.4, -0.2) is 67.6 Å². The lowest BCUT2D eigenvalue weighted by atomic mass is 10.0. The number of rotatable bonds is 11. The predicted molar refractivity (Wildman–Crippen MR) is 143 cm³/mol. The van der Waals surface area contributed by atoms with Crippen LogP contribution in [0.3, 0.4) is 0 Å². The van der Waals surface area contributed by atoms with Crippen molar-refractivity contribution in [1.82, 2.24) is 29.7 Å². The molecule has 3 heterocycles. The number of pyridine rings is 2. The number of H-pyrrole nitrogens is 1. The molecule has 208 valence electrons. The Morgan fingerprint density at radius 2 is 2.03 bits per heavy atom. The van der Waals surface area contributed by atoms with Gasteiger partial charge in [-0.2, -0.15) is 0 Å². The number of carbonyl (C=O) groups is 3. The number of amides is 3. The number of allylic oxidation sites excluding steroid dienone is 1. The van der Waals surface area contributed by atoms with Crippen molar-refractivity contribution in [2.24, 2.45) is 5.92 Å². The third-order valence-corrected chi connectivity index (χ3v) is 5.77. The largest absolute Gasteiger partial charge is 0.465 e. The number of aromatic nitrogens is 4. The number of hydrogen-bond donors (Lipinski definition) is 4. The van der Waals surface area contributed by atoms with Gasteiger partial charge < -0.3 is 30.2 Å². The number of imidazole rings is 1. The van der Waals surface area contributed by atoms with Gasteiger partial charge in [0.1, 0.15) is 23.4 Å². The molecule has 0 fully saturated rings. The van der Waals surface area contributed by atoms with Crippen LogP contribution in [0.1, 0.15) is 38.1 Å². The molecule has 0 aliphatic rings. The molecule has 4 N–H and O–H groups in total. The topological polar surface area (TPSA) is 162 Å². The smallest absolute Gasteiger partial charge is 0.405 e. The average molecular weight is 542 g/mol.